The van der Waals surface area contributed by atoms with Crippen molar-refractivity contribution in [3.63, 3.8) is 0 Å². The minimum atomic E-state index is -3.19. The van der Waals surface area contributed by atoms with Crippen molar-refractivity contribution in [1.82, 2.24) is 19.1 Å². The second-order valence-electron chi connectivity index (χ2n) is 14.3. The van der Waals surface area contributed by atoms with E-state index in [1.807, 2.05) is 61.1 Å². The molecule has 0 bridgehead atoms. The molecule has 0 aliphatic rings. The van der Waals surface area contributed by atoms with Crippen molar-refractivity contribution in [2.45, 2.75) is 20.8 Å². The van der Waals surface area contributed by atoms with E-state index in [1.165, 1.54) is 27.1 Å². The number of hydrogen-bond acceptors (Lipinski definition) is 3. The van der Waals surface area contributed by atoms with Crippen LogP contribution in [0.25, 0.3) is 49.5 Å². The molecule has 0 saturated carbocycles. The van der Waals surface area contributed by atoms with Crippen LogP contribution in [0.1, 0.15) is 22.3 Å². The van der Waals surface area contributed by atoms with Gasteiger partial charge in [0.25, 0.3) is 0 Å². The Labute approximate surface area is 327 Å². The van der Waals surface area contributed by atoms with Crippen LogP contribution in [0.4, 0.5) is 5.69 Å². The van der Waals surface area contributed by atoms with Gasteiger partial charge in [0.2, 0.25) is 0 Å². The summed E-state index contributed by atoms with van der Waals surface area (Å²) in [4.78, 5) is 13.9. The third-order valence-corrected chi connectivity index (χ3v) is 15.6. The van der Waals surface area contributed by atoms with Crippen LogP contribution < -0.4 is 20.7 Å². The number of aromatic nitrogens is 4. The quantitative estimate of drug-likeness (QED) is 0.0935. The first-order valence-corrected chi connectivity index (χ1v) is 20.6. The number of fused-ring (bicyclic) bond motifs is 3. The topological polar surface area (TPSA) is 63.8 Å². The van der Waals surface area contributed by atoms with Gasteiger partial charge in [0.15, 0.2) is 13.8 Å². The van der Waals surface area contributed by atoms with Crippen LogP contribution in [0.2, 0.25) is 0 Å². The molecule has 0 fully saturated rings. The Balaban J connectivity index is 1.39. The molecule has 7 heteroatoms. The Morgan fingerprint density at radius 1 is 0.625 bits per heavy atom. The number of rotatable bonds is 7. The number of benzene rings is 6. The van der Waals surface area contributed by atoms with Crippen LogP contribution in [0.3, 0.4) is 0 Å². The third-order valence-electron chi connectivity index (χ3n) is 10.9. The van der Waals surface area contributed by atoms with Gasteiger partial charge in [-0.15, -0.1) is 0 Å². The van der Waals surface area contributed by atoms with Crippen LogP contribution >= 0.6 is 0 Å². The predicted octanol–water partition coefficient (Wildman–Crippen LogP) is 8.76. The molecule has 0 radical (unpaired) electrons. The van der Waals surface area contributed by atoms with Crippen molar-refractivity contribution in [2.24, 2.45) is 0 Å². The van der Waals surface area contributed by atoms with Crippen molar-refractivity contribution >= 4 is 56.3 Å². The number of nitrogens with zero attached hydrogens (tertiary/aromatic N) is 6. The highest BCUT2D eigenvalue weighted by molar-refractivity contribution is 7.20. The van der Waals surface area contributed by atoms with E-state index in [2.05, 4.69) is 144 Å². The lowest BCUT2D eigenvalue weighted by Crippen LogP contribution is -2.74. The molecule has 0 unspecified atom stereocenters. The fraction of sp³-hybridized carbons (Fsp3) is 0.0612. The van der Waals surface area contributed by atoms with E-state index >= 15 is 0 Å². The van der Waals surface area contributed by atoms with E-state index < -0.39 is 8.07 Å². The number of hydrogen-bond donors (Lipinski definition) is 0. The van der Waals surface area contributed by atoms with Gasteiger partial charge >= 0.3 is 0 Å². The Morgan fingerprint density at radius 2 is 1.34 bits per heavy atom. The van der Waals surface area contributed by atoms with Gasteiger partial charge in [-0.05, 0) is 89.9 Å². The number of nitriles is 1. The number of pyridine rings is 1. The standard InChI is InChI=1S/C49H36N6Si/c1-33-25-34(2)48(35(3)26-33)54-24-23-53-49(54)37-28-38(51-4)30-42(29-37)56(39-13-7-5-8-14-39,40-15-9-6-10-16-40)41-19-20-43-44-27-36(32-50)18-21-45(44)55(46(43)31-41)47-17-11-12-22-52-47/h5-31H,1-3H3. The lowest BCUT2D eigenvalue weighted by atomic mass is 10.0. The Hall–Kier alpha value is -7.32. The van der Waals surface area contributed by atoms with E-state index in [9.17, 15) is 5.26 Å². The maximum absolute atomic E-state index is 9.88. The largest absolute Gasteiger partial charge is 0.299 e. The summed E-state index contributed by atoms with van der Waals surface area (Å²) in [5.41, 5.74) is 8.67. The van der Waals surface area contributed by atoms with Crippen LogP contribution in [0.15, 0.2) is 164 Å². The molecular formula is C49H36N6Si. The zero-order valence-corrected chi connectivity index (χ0v) is 32.3. The fourth-order valence-corrected chi connectivity index (χ4v) is 13.5. The Kier molecular flexibility index (Phi) is 8.50. The summed E-state index contributed by atoms with van der Waals surface area (Å²) in [6.07, 6.45) is 5.68. The van der Waals surface area contributed by atoms with E-state index in [0.29, 0.717) is 11.3 Å². The van der Waals surface area contributed by atoms with E-state index in [4.69, 9.17) is 16.5 Å². The fourth-order valence-electron chi connectivity index (χ4n) is 8.70. The zero-order chi connectivity index (χ0) is 38.4. The molecule has 3 aromatic heterocycles. The second-order valence-corrected chi connectivity index (χ2v) is 18.1. The highest BCUT2D eigenvalue weighted by atomic mass is 28.3. The van der Waals surface area contributed by atoms with Crippen molar-refractivity contribution < 1.29 is 0 Å². The minimum absolute atomic E-state index is 0.556. The molecule has 6 nitrogen and oxygen atoms in total. The molecule has 6 aromatic carbocycles. The molecule has 56 heavy (non-hydrogen) atoms. The summed E-state index contributed by atoms with van der Waals surface area (Å²) >= 11 is 0. The first kappa shape index (κ1) is 34.4. The summed E-state index contributed by atoms with van der Waals surface area (Å²) in [6, 6.07) is 53.2. The van der Waals surface area contributed by atoms with Gasteiger partial charge in [-0.25, -0.2) is 14.8 Å². The van der Waals surface area contributed by atoms with Gasteiger partial charge in [0.05, 0.1) is 34.9 Å². The molecule has 0 aliphatic carbocycles. The van der Waals surface area contributed by atoms with E-state index in [1.54, 1.807) is 0 Å². The lowest BCUT2D eigenvalue weighted by molar-refractivity contribution is 1.03. The summed E-state index contributed by atoms with van der Waals surface area (Å²) < 4.78 is 4.37. The first-order valence-electron chi connectivity index (χ1n) is 18.6. The average molecular weight is 737 g/mol. The highest BCUT2D eigenvalue weighted by Crippen LogP contribution is 2.33. The molecule has 0 N–H and O–H groups in total. The smallest absolute Gasteiger partial charge is 0.187 e. The van der Waals surface area contributed by atoms with E-state index in [-0.39, 0.29) is 0 Å². The van der Waals surface area contributed by atoms with Crippen LogP contribution in [0, 0.1) is 38.7 Å². The average Bonchev–Trinajstić information content (AvgIpc) is 3.84. The van der Waals surface area contributed by atoms with Crippen molar-refractivity contribution in [3.8, 4) is 29.0 Å². The van der Waals surface area contributed by atoms with Gasteiger partial charge in [-0.3, -0.25) is 9.13 Å². The SMILES string of the molecule is [C-]#[N+]c1cc(-c2nccn2-c2c(C)cc(C)cc2C)cc([Si](c2ccccc2)(c2ccccc2)c2ccc3c4cc(C#N)ccc4n(-c4ccccn4)c3c2)c1. The predicted molar refractivity (Wildman–Crippen MR) is 230 cm³/mol. The van der Waals surface area contributed by atoms with Gasteiger partial charge in [0.1, 0.15) is 11.6 Å². The normalized spacial score (nSPS) is 11.4. The molecule has 266 valence electrons. The van der Waals surface area contributed by atoms with Crippen molar-refractivity contribution in [2.75, 3.05) is 0 Å². The van der Waals surface area contributed by atoms with Crippen LogP contribution in [0.5, 0.6) is 0 Å². The Morgan fingerprint density at radius 3 is 2.00 bits per heavy atom. The summed E-state index contributed by atoms with van der Waals surface area (Å²) in [7, 11) is -3.19. The second kappa shape index (κ2) is 13.8. The number of imidazole rings is 1. The molecule has 0 atom stereocenters. The molecule has 9 aromatic rings. The summed E-state index contributed by atoms with van der Waals surface area (Å²) in [5.74, 6) is 1.58. The lowest BCUT2D eigenvalue weighted by Gasteiger charge is -2.35. The molecular weight excluding hydrogens is 701 g/mol. The molecule has 0 spiro atoms. The zero-order valence-electron chi connectivity index (χ0n) is 31.3. The molecule has 0 saturated heterocycles. The van der Waals surface area contributed by atoms with Gasteiger partial charge in [0, 0.05) is 34.9 Å². The minimum Gasteiger partial charge on any atom is -0.299 e. The summed E-state index contributed by atoms with van der Waals surface area (Å²) in [5, 5.41) is 16.5. The molecule has 0 amide bonds. The highest BCUT2D eigenvalue weighted by Gasteiger charge is 2.42. The number of aryl methyl sites for hydroxylation is 3. The van der Waals surface area contributed by atoms with Gasteiger partial charge in [-0.1, -0.05) is 114 Å². The molecule has 0 aliphatic heterocycles. The summed E-state index contributed by atoms with van der Waals surface area (Å²) in [6.45, 7) is 14.8. The molecule has 3 heterocycles. The van der Waals surface area contributed by atoms with Crippen LogP contribution in [-0.2, 0) is 0 Å². The third kappa shape index (κ3) is 5.53. The van der Waals surface area contributed by atoms with Crippen LogP contribution in [-0.4, -0.2) is 27.2 Å². The van der Waals surface area contributed by atoms with E-state index in [0.717, 1.165) is 55.1 Å². The maximum Gasteiger partial charge on any atom is 0.187 e. The Bertz CT molecular complexity index is 2960. The van der Waals surface area contributed by atoms with Gasteiger partial charge in [-0.2, -0.15) is 5.26 Å². The first-order chi connectivity index (χ1) is 27.4. The van der Waals surface area contributed by atoms with Crippen molar-refractivity contribution in [1.29, 1.82) is 5.26 Å². The maximum atomic E-state index is 9.88. The van der Waals surface area contributed by atoms with Gasteiger partial charge < -0.3 is 0 Å². The van der Waals surface area contributed by atoms with Crippen molar-refractivity contribution in [3.05, 3.63) is 198 Å². The monoisotopic (exact) mass is 736 g/mol. The molecule has 9 rings (SSSR count).